The van der Waals surface area contributed by atoms with E-state index < -0.39 is 5.41 Å². The first kappa shape index (κ1) is 14.2. The van der Waals surface area contributed by atoms with Crippen LogP contribution in [0.3, 0.4) is 0 Å². The molecule has 4 heteroatoms. The number of rotatable bonds is 5. The zero-order valence-corrected chi connectivity index (χ0v) is 11.9. The molecule has 1 rings (SSSR count). The van der Waals surface area contributed by atoms with Crippen LogP contribution in [0.15, 0.2) is 17.5 Å². The van der Waals surface area contributed by atoms with Crippen molar-refractivity contribution in [3.8, 4) is 0 Å². The summed E-state index contributed by atoms with van der Waals surface area (Å²) in [5.74, 6) is 0.128. The van der Waals surface area contributed by atoms with Crippen LogP contribution in [-0.2, 0) is 4.79 Å². The van der Waals surface area contributed by atoms with Crippen LogP contribution in [0, 0.1) is 5.41 Å². The zero-order chi connectivity index (χ0) is 13.1. The summed E-state index contributed by atoms with van der Waals surface area (Å²) >= 11 is 1.68. The SMILES string of the molecule is CCC(C)(CN)C(=O)N(C)C(C)c1cccs1. The van der Waals surface area contributed by atoms with Crippen molar-refractivity contribution in [3.05, 3.63) is 22.4 Å². The van der Waals surface area contributed by atoms with Gasteiger partial charge in [-0.15, -0.1) is 11.3 Å². The molecule has 0 fully saturated rings. The van der Waals surface area contributed by atoms with Crippen LogP contribution >= 0.6 is 11.3 Å². The molecule has 0 saturated heterocycles. The van der Waals surface area contributed by atoms with E-state index in [1.54, 1.807) is 11.3 Å². The van der Waals surface area contributed by atoms with Crippen LogP contribution < -0.4 is 5.73 Å². The molecular formula is C13H22N2OS. The fourth-order valence-electron chi connectivity index (χ4n) is 1.70. The Morgan fingerprint density at radius 2 is 2.29 bits per heavy atom. The number of hydrogen-bond acceptors (Lipinski definition) is 3. The van der Waals surface area contributed by atoms with Crippen molar-refractivity contribution >= 4 is 17.2 Å². The van der Waals surface area contributed by atoms with E-state index in [1.165, 1.54) is 4.88 Å². The minimum Gasteiger partial charge on any atom is -0.338 e. The normalized spacial score (nSPS) is 16.3. The Kier molecular flexibility index (Phi) is 4.71. The van der Waals surface area contributed by atoms with E-state index in [-0.39, 0.29) is 11.9 Å². The maximum absolute atomic E-state index is 12.4. The summed E-state index contributed by atoms with van der Waals surface area (Å²) < 4.78 is 0. The van der Waals surface area contributed by atoms with Gasteiger partial charge in [-0.05, 0) is 31.7 Å². The van der Waals surface area contributed by atoms with Gasteiger partial charge in [0.05, 0.1) is 11.5 Å². The lowest BCUT2D eigenvalue weighted by Crippen LogP contribution is -2.45. The number of nitrogens with two attached hydrogens (primary N) is 1. The molecule has 1 amide bonds. The Bertz CT molecular complexity index is 358. The highest BCUT2D eigenvalue weighted by atomic mass is 32.1. The summed E-state index contributed by atoms with van der Waals surface area (Å²) in [5.41, 5.74) is 5.29. The summed E-state index contributed by atoms with van der Waals surface area (Å²) in [7, 11) is 1.86. The van der Waals surface area contributed by atoms with Gasteiger partial charge in [0.15, 0.2) is 0 Å². The third-order valence-corrected chi connectivity index (χ3v) is 4.65. The molecule has 0 radical (unpaired) electrons. The number of amides is 1. The van der Waals surface area contributed by atoms with Crippen molar-refractivity contribution in [2.24, 2.45) is 11.1 Å². The minimum atomic E-state index is -0.444. The molecule has 1 aromatic heterocycles. The Morgan fingerprint density at radius 3 is 2.71 bits per heavy atom. The number of carbonyl (C=O) groups excluding carboxylic acids is 1. The maximum atomic E-state index is 12.4. The van der Waals surface area contributed by atoms with Crippen LogP contribution in [0.5, 0.6) is 0 Å². The molecule has 0 saturated carbocycles. The summed E-state index contributed by atoms with van der Waals surface area (Å²) in [6.45, 7) is 6.39. The van der Waals surface area contributed by atoms with E-state index in [1.807, 2.05) is 37.2 Å². The highest BCUT2D eigenvalue weighted by Crippen LogP contribution is 2.29. The van der Waals surface area contributed by atoms with Crippen molar-refractivity contribution in [2.75, 3.05) is 13.6 Å². The van der Waals surface area contributed by atoms with Gasteiger partial charge >= 0.3 is 0 Å². The number of hydrogen-bond donors (Lipinski definition) is 1. The van der Waals surface area contributed by atoms with Crippen molar-refractivity contribution < 1.29 is 4.79 Å². The van der Waals surface area contributed by atoms with Gasteiger partial charge in [0, 0.05) is 18.5 Å². The Hall–Kier alpha value is -0.870. The Balaban J connectivity index is 2.83. The third-order valence-electron chi connectivity index (χ3n) is 3.60. The molecule has 0 bridgehead atoms. The van der Waals surface area contributed by atoms with Crippen LogP contribution in [-0.4, -0.2) is 24.4 Å². The molecule has 3 nitrogen and oxygen atoms in total. The third kappa shape index (κ3) is 2.87. The molecule has 0 aliphatic rings. The zero-order valence-electron chi connectivity index (χ0n) is 11.1. The molecular weight excluding hydrogens is 232 g/mol. The molecule has 0 spiro atoms. The van der Waals surface area contributed by atoms with E-state index in [9.17, 15) is 4.79 Å². The van der Waals surface area contributed by atoms with E-state index in [0.717, 1.165) is 6.42 Å². The van der Waals surface area contributed by atoms with Gasteiger partial charge in [0.2, 0.25) is 5.91 Å². The van der Waals surface area contributed by atoms with Crippen LogP contribution in [0.4, 0.5) is 0 Å². The second-order valence-electron chi connectivity index (χ2n) is 4.73. The predicted octanol–water partition coefficient (Wildman–Crippen LogP) is 2.64. The summed E-state index contributed by atoms with van der Waals surface area (Å²) in [6.07, 6.45) is 0.768. The van der Waals surface area contributed by atoms with Crippen molar-refractivity contribution in [3.63, 3.8) is 0 Å². The maximum Gasteiger partial charge on any atom is 0.230 e. The molecule has 2 atom stereocenters. The van der Waals surface area contributed by atoms with Crippen LogP contribution in [0.2, 0.25) is 0 Å². The number of thiophene rings is 1. The topological polar surface area (TPSA) is 46.3 Å². The highest BCUT2D eigenvalue weighted by molar-refractivity contribution is 7.10. The van der Waals surface area contributed by atoms with Crippen molar-refractivity contribution in [1.29, 1.82) is 0 Å². The molecule has 0 aliphatic heterocycles. The van der Waals surface area contributed by atoms with Gasteiger partial charge in [-0.3, -0.25) is 4.79 Å². The van der Waals surface area contributed by atoms with Gasteiger partial charge in [-0.2, -0.15) is 0 Å². The first-order valence-corrected chi connectivity index (χ1v) is 6.85. The van der Waals surface area contributed by atoms with Gasteiger partial charge in [-0.1, -0.05) is 13.0 Å². The molecule has 0 aromatic carbocycles. The standard InChI is InChI=1S/C13H22N2OS/c1-5-13(3,9-14)12(16)15(4)10(2)11-7-6-8-17-11/h6-8,10H,5,9,14H2,1-4H3. The average Bonchev–Trinajstić information content (AvgIpc) is 2.88. The first-order valence-electron chi connectivity index (χ1n) is 5.97. The summed E-state index contributed by atoms with van der Waals surface area (Å²) in [6, 6.07) is 4.18. The van der Waals surface area contributed by atoms with Gasteiger partial charge in [0.25, 0.3) is 0 Å². The van der Waals surface area contributed by atoms with Gasteiger partial charge in [0.1, 0.15) is 0 Å². The molecule has 1 aromatic rings. The van der Waals surface area contributed by atoms with E-state index in [0.29, 0.717) is 6.54 Å². The fourth-order valence-corrected chi connectivity index (χ4v) is 2.53. The van der Waals surface area contributed by atoms with Crippen molar-refractivity contribution in [1.82, 2.24) is 4.90 Å². The minimum absolute atomic E-state index is 0.111. The quantitative estimate of drug-likeness (QED) is 0.878. The first-order chi connectivity index (χ1) is 7.96. The number of carbonyl (C=O) groups is 1. The second-order valence-corrected chi connectivity index (χ2v) is 5.71. The second kappa shape index (κ2) is 5.65. The van der Waals surface area contributed by atoms with Crippen molar-refractivity contribution in [2.45, 2.75) is 33.2 Å². The van der Waals surface area contributed by atoms with Crippen LogP contribution in [0.25, 0.3) is 0 Å². The summed E-state index contributed by atoms with van der Waals surface area (Å²) in [5, 5.41) is 2.03. The van der Waals surface area contributed by atoms with Gasteiger partial charge in [-0.25, -0.2) is 0 Å². The molecule has 17 heavy (non-hydrogen) atoms. The smallest absolute Gasteiger partial charge is 0.230 e. The van der Waals surface area contributed by atoms with E-state index >= 15 is 0 Å². The molecule has 2 N–H and O–H groups in total. The van der Waals surface area contributed by atoms with E-state index in [2.05, 4.69) is 13.0 Å². The monoisotopic (exact) mass is 254 g/mol. The lowest BCUT2D eigenvalue weighted by Gasteiger charge is -2.33. The molecule has 96 valence electrons. The lowest BCUT2D eigenvalue weighted by atomic mass is 9.86. The molecule has 2 unspecified atom stereocenters. The summed E-state index contributed by atoms with van der Waals surface area (Å²) in [4.78, 5) is 15.4. The Morgan fingerprint density at radius 1 is 1.65 bits per heavy atom. The van der Waals surface area contributed by atoms with Crippen LogP contribution in [0.1, 0.15) is 38.1 Å². The Labute approximate surface area is 108 Å². The van der Waals surface area contributed by atoms with E-state index in [4.69, 9.17) is 5.73 Å². The molecule has 1 heterocycles. The highest BCUT2D eigenvalue weighted by Gasteiger charge is 2.34. The fraction of sp³-hybridized carbons (Fsp3) is 0.615. The average molecular weight is 254 g/mol. The molecule has 0 aliphatic carbocycles. The lowest BCUT2D eigenvalue weighted by molar-refractivity contribution is -0.141. The predicted molar refractivity (Wildman–Crippen MR) is 73.0 cm³/mol. The number of nitrogens with zero attached hydrogens (tertiary/aromatic N) is 1. The van der Waals surface area contributed by atoms with Gasteiger partial charge < -0.3 is 10.6 Å². The largest absolute Gasteiger partial charge is 0.338 e.